The Balaban J connectivity index is 1.38. The van der Waals surface area contributed by atoms with E-state index in [1.54, 1.807) is 37.0 Å². The monoisotopic (exact) mass is 534 g/mol. The lowest BCUT2D eigenvalue weighted by molar-refractivity contribution is 0.0975. The van der Waals surface area contributed by atoms with Gasteiger partial charge in [-0.05, 0) is 48.5 Å². The van der Waals surface area contributed by atoms with Gasteiger partial charge < -0.3 is 20.8 Å². The number of rotatable bonds is 10. The van der Waals surface area contributed by atoms with Crippen molar-refractivity contribution in [3.8, 4) is 11.5 Å². The lowest BCUT2D eigenvalue weighted by Gasteiger charge is -2.24. The number of ketones is 2. The van der Waals surface area contributed by atoms with Crippen molar-refractivity contribution in [3.05, 3.63) is 107 Å². The predicted octanol–water partition coefficient (Wildman–Crippen LogP) is 3.73. The average molecular weight is 535 g/mol. The van der Waals surface area contributed by atoms with E-state index in [2.05, 4.69) is 30.6 Å². The molecule has 40 heavy (non-hydrogen) atoms. The number of nitrogens with zero attached hydrogens (tertiary/aromatic N) is 4. The third-order valence-corrected chi connectivity index (χ3v) is 6.21. The molecule has 0 aliphatic heterocycles. The fourth-order valence-electron chi connectivity index (χ4n) is 4.39. The first-order valence-corrected chi connectivity index (χ1v) is 12.7. The highest BCUT2D eigenvalue weighted by Gasteiger charge is 2.37. The van der Waals surface area contributed by atoms with E-state index in [9.17, 15) is 19.8 Å². The number of pyridine rings is 2. The van der Waals surface area contributed by atoms with E-state index in [0.29, 0.717) is 37.6 Å². The minimum absolute atomic E-state index is 0.120. The van der Waals surface area contributed by atoms with Crippen LogP contribution in [0.4, 0.5) is 11.4 Å². The number of aromatic nitrogens is 2. The van der Waals surface area contributed by atoms with E-state index in [1.807, 2.05) is 36.4 Å². The van der Waals surface area contributed by atoms with Crippen LogP contribution in [0.2, 0.25) is 0 Å². The fourth-order valence-corrected chi connectivity index (χ4v) is 4.39. The molecule has 0 saturated heterocycles. The molecule has 4 aromatic rings. The molecule has 1 aliphatic carbocycles. The number of benzene rings is 2. The Kier molecular flexibility index (Phi) is 7.87. The number of hydrogen-bond donors (Lipinski definition) is 4. The van der Waals surface area contributed by atoms with Crippen LogP contribution in [0.1, 0.15) is 43.2 Å². The molecule has 2 aromatic carbocycles. The summed E-state index contributed by atoms with van der Waals surface area (Å²) < 4.78 is 0. The molecule has 200 valence electrons. The van der Waals surface area contributed by atoms with E-state index in [4.69, 9.17) is 0 Å². The van der Waals surface area contributed by atoms with Crippen LogP contribution < -0.4 is 10.6 Å². The third-order valence-electron chi connectivity index (χ3n) is 6.21. The first-order valence-electron chi connectivity index (χ1n) is 12.7. The second-order valence-corrected chi connectivity index (χ2v) is 8.86. The molecule has 2 heterocycles. The quantitative estimate of drug-likeness (QED) is 0.120. The van der Waals surface area contributed by atoms with Gasteiger partial charge in [0.2, 0.25) is 11.6 Å². The van der Waals surface area contributed by atoms with E-state index in [1.165, 1.54) is 12.1 Å². The Morgan fingerprint density at radius 3 is 1.48 bits per heavy atom. The summed E-state index contributed by atoms with van der Waals surface area (Å²) in [6, 6.07) is 16.9. The topological polar surface area (TPSA) is 149 Å². The summed E-state index contributed by atoms with van der Waals surface area (Å²) in [4.78, 5) is 44.4. The smallest absolute Gasteiger partial charge is 0.200 e. The summed E-state index contributed by atoms with van der Waals surface area (Å²) in [6.07, 6.45) is 6.68. The van der Waals surface area contributed by atoms with Crippen LogP contribution in [0.25, 0.3) is 0 Å². The van der Waals surface area contributed by atoms with Gasteiger partial charge in [0.1, 0.15) is 11.5 Å². The largest absolute Gasteiger partial charge is 0.507 e. The molecule has 0 unspecified atom stereocenters. The number of aromatic hydroxyl groups is 2. The van der Waals surface area contributed by atoms with Crippen molar-refractivity contribution in [3.63, 3.8) is 0 Å². The number of aliphatic imine (C=N–C) groups is 2. The maximum Gasteiger partial charge on any atom is 0.200 e. The Morgan fingerprint density at radius 1 is 0.625 bits per heavy atom. The molecule has 5 rings (SSSR count). The van der Waals surface area contributed by atoms with Gasteiger partial charge >= 0.3 is 0 Å². The zero-order valence-corrected chi connectivity index (χ0v) is 21.4. The Labute approximate surface area is 230 Å². The van der Waals surface area contributed by atoms with Crippen LogP contribution in [0, 0.1) is 0 Å². The summed E-state index contributed by atoms with van der Waals surface area (Å²) in [6.45, 7) is 1.55. The van der Waals surface area contributed by atoms with Gasteiger partial charge in [0.25, 0.3) is 0 Å². The van der Waals surface area contributed by atoms with Crippen molar-refractivity contribution in [1.29, 1.82) is 0 Å². The predicted molar refractivity (Wildman–Crippen MR) is 153 cm³/mol. The number of carbonyl (C=O) groups is 2. The van der Waals surface area contributed by atoms with Gasteiger partial charge in [-0.1, -0.05) is 12.1 Å². The summed E-state index contributed by atoms with van der Waals surface area (Å²) in [7, 11) is 0. The number of phenolic OH excluding ortho intramolecular Hbond substituents is 2. The molecule has 0 bridgehead atoms. The van der Waals surface area contributed by atoms with Crippen molar-refractivity contribution in [2.75, 3.05) is 36.8 Å². The minimum atomic E-state index is -0.561. The third kappa shape index (κ3) is 5.56. The molecule has 0 fully saturated rings. The number of fused-ring (bicyclic) bond motifs is 2. The molecule has 0 atom stereocenters. The molecule has 0 saturated carbocycles. The van der Waals surface area contributed by atoms with Crippen molar-refractivity contribution >= 4 is 35.4 Å². The molecule has 4 N–H and O–H groups in total. The fraction of sp³-hybridized carbons (Fsp3) is 0.133. The Hall–Kier alpha value is -5.38. The van der Waals surface area contributed by atoms with Crippen LogP contribution in [0.5, 0.6) is 11.5 Å². The van der Waals surface area contributed by atoms with Crippen molar-refractivity contribution in [2.45, 2.75) is 0 Å². The van der Waals surface area contributed by atoms with Crippen LogP contribution in [-0.4, -0.2) is 70.4 Å². The van der Waals surface area contributed by atoms with E-state index < -0.39 is 11.6 Å². The zero-order chi connectivity index (χ0) is 27.9. The lowest BCUT2D eigenvalue weighted by atomic mass is 9.81. The number of carbonyl (C=O) groups excluding carboxylic acids is 2. The molecule has 10 nitrogen and oxygen atoms in total. The van der Waals surface area contributed by atoms with Crippen molar-refractivity contribution in [2.24, 2.45) is 9.98 Å². The number of hydrogen-bond acceptors (Lipinski definition) is 10. The van der Waals surface area contributed by atoms with Crippen LogP contribution in [-0.2, 0) is 0 Å². The molecule has 0 amide bonds. The van der Waals surface area contributed by atoms with Gasteiger partial charge in [0.05, 0.1) is 46.7 Å². The molecule has 0 spiro atoms. The molecular weight excluding hydrogens is 508 g/mol. The SMILES string of the molecule is O=C1c2c(O)ccc(O)c2C(=O)c2c(NCCN=Cc3ccccn3)ccc(NCCN=Cc3ccccn3)c21. The van der Waals surface area contributed by atoms with Gasteiger partial charge in [-0.25, -0.2) is 0 Å². The summed E-state index contributed by atoms with van der Waals surface area (Å²) in [5.74, 6) is -1.86. The maximum atomic E-state index is 13.6. The second kappa shape index (κ2) is 12.0. The molecule has 1 aliphatic rings. The van der Waals surface area contributed by atoms with E-state index in [-0.39, 0.29) is 33.8 Å². The number of phenols is 2. The zero-order valence-electron chi connectivity index (χ0n) is 21.4. The van der Waals surface area contributed by atoms with Gasteiger partial charge in [-0.3, -0.25) is 29.5 Å². The number of nitrogens with one attached hydrogen (secondary N) is 2. The molecule has 10 heteroatoms. The van der Waals surface area contributed by atoms with E-state index >= 15 is 0 Å². The lowest BCUT2D eigenvalue weighted by Crippen LogP contribution is -2.25. The second-order valence-electron chi connectivity index (χ2n) is 8.86. The Morgan fingerprint density at radius 2 is 1.07 bits per heavy atom. The Bertz CT molecular complexity index is 1480. The normalized spacial score (nSPS) is 12.5. The molecule has 2 aromatic heterocycles. The number of anilines is 2. The average Bonchev–Trinajstić information content (AvgIpc) is 2.98. The van der Waals surface area contributed by atoms with E-state index in [0.717, 1.165) is 11.4 Å². The van der Waals surface area contributed by atoms with Gasteiger partial charge in [0.15, 0.2) is 0 Å². The van der Waals surface area contributed by atoms with Crippen LogP contribution in [0.3, 0.4) is 0 Å². The summed E-state index contributed by atoms with van der Waals surface area (Å²) >= 11 is 0. The first kappa shape index (κ1) is 26.2. The van der Waals surface area contributed by atoms with Crippen LogP contribution >= 0.6 is 0 Å². The van der Waals surface area contributed by atoms with Gasteiger partial charge in [-0.2, -0.15) is 0 Å². The first-order chi connectivity index (χ1) is 19.5. The molecule has 0 radical (unpaired) electrons. The summed E-state index contributed by atoms with van der Waals surface area (Å²) in [5.41, 5.74) is 2.11. The van der Waals surface area contributed by atoms with Crippen molar-refractivity contribution in [1.82, 2.24) is 9.97 Å². The molecular formula is C30H26N6O4. The van der Waals surface area contributed by atoms with Crippen molar-refractivity contribution < 1.29 is 19.8 Å². The van der Waals surface area contributed by atoms with Gasteiger partial charge in [0, 0.05) is 49.3 Å². The maximum absolute atomic E-state index is 13.6. The highest BCUT2D eigenvalue weighted by atomic mass is 16.3. The highest BCUT2D eigenvalue weighted by Crippen LogP contribution is 2.42. The van der Waals surface area contributed by atoms with Gasteiger partial charge in [-0.15, -0.1) is 0 Å². The highest BCUT2D eigenvalue weighted by molar-refractivity contribution is 6.33. The van der Waals surface area contributed by atoms with Crippen LogP contribution in [0.15, 0.2) is 83.0 Å². The standard InChI is InChI=1S/C30H26N6O4/c37-23-9-10-24(38)28-27(23)29(39)25-21(35-15-13-31-17-19-5-1-3-11-33-19)7-8-22(26(25)30(28)40)36-16-14-32-18-20-6-2-4-12-34-20/h1-12,17-18,35-38H,13-16H2. The summed E-state index contributed by atoms with van der Waals surface area (Å²) in [5, 5.41) is 27.2. The minimum Gasteiger partial charge on any atom is -0.507 e.